The number of nitrogens with one attached hydrogen (secondary N) is 3. The number of nitro benzene ring substituents is 1. The molecule has 0 radical (unpaired) electrons. The van der Waals surface area contributed by atoms with Crippen molar-refractivity contribution in [1.82, 2.24) is 28.8 Å². The maximum Gasteiger partial charge on any atom is 0.293 e. The molecular formula is C55H65N9O10S2. The molecule has 2 atom stereocenters. The van der Waals surface area contributed by atoms with Gasteiger partial charge in [0.25, 0.3) is 21.6 Å². The standard InChI is InChI=1S/C55H65N9O10S2/c1-37(2)46-7-5-6-8-47(46)51-36-60(34-38-9-12-42(72-3)13-10-38)23-24-63(51)41-30-55(31-41)18-21-61(22-19-55)40-11-15-48(52(28-40)74-43-27-39-17-20-56-53(39)58-32-43)54(65)59-76(70,71)45-14-16-49(50(29-45)64(66)67)57-33-44-35-62(25-26-73-44)75(4,68)69/h5-17,20,27-29,32,37,41,44,51,57H,18-19,21-26,30-31,33-36H2,1-4H3,(H,56,58)(H,59,65)/t44?,51-/m1/s1. The Balaban J connectivity index is 0.829. The van der Waals surface area contributed by atoms with Crippen LogP contribution in [0.1, 0.15) is 78.5 Å². The fourth-order valence-corrected chi connectivity index (χ4v) is 13.3. The summed E-state index contributed by atoms with van der Waals surface area (Å²) in [6.45, 7) is 10.4. The Morgan fingerprint density at radius 2 is 1.70 bits per heavy atom. The summed E-state index contributed by atoms with van der Waals surface area (Å²) in [5.41, 5.74) is 5.12. The van der Waals surface area contributed by atoms with E-state index in [1.165, 1.54) is 33.3 Å². The zero-order valence-corrected chi connectivity index (χ0v) is 44.8. The molecule has 2 aromatic heterocycles. The van der Waals surface area contributed by atoms with E-state index >= 15 is 0 Å². The minimum absolute atomic E-state index is 0.0112. The number of H-pyrrole nitrogens is 1. The topological polar surface area (TPSA) is 222 Å². The van der Waals surface area contributed by atoms with Crippen LogP contribution in [-0.4, -0.2) is 136 Å². The molecule has 10 rings (SSSR count). The first-order valence-electron chi connectivity index (χ1n) is 25.8. The van der Waals surface area contributed by atoms with Gasteiger partial charge in [0.2, 0.25) is 10.0 Å². The van der Waals surface area contributed by atoms with Crippen LogP contribution in [0.25, 0.3) is 11.0 Å². The molecule has 3 saturated heterocycles. The lowest BCUT2D eigenvalue weighted by Crippen LogP contribution is -2.60. The van der Waals surface area contributed by atoms with Crippen LogP contribution >= 0.6 is 0 Å². The third-order valence-corrected chi connectivity index (χ3v) is 18.2. The number of fused-ring (bicyclic) bond motifs is 1. The first-order chi connectivity index (χ1) is 36.4. The van der Waals surface area contributed by atoms with Crippen molar-refractivity contribution >= 4 is 54.0 Å². The number of piperazine rings is 1. The summed E-state index contributed by atoms with van der Waals surface area (Å²) in [4.78, 5) is 40.3. The maximum absolute atomic E-state index is 14.1. The molecule has 5 heterocycles. The van der Waals surface area contributed by atoms with Gasteiger partial charge in [-0.05, 0) is 102 Å². The number of rotatable bonds is 17. The van der Waals surface area contributed by atoms with Gasteiger partial charge in [-0.15, -0.1) is 0 Å². The average Bonchev–Trinajstić information content (AvgIpc) is 3.93. The van der Waals surface area contributed by atoms with E-state index in [9.17, 15) is 31.7 Å². The van der Waals surface area contributed by atoms with Crippen LogP contribution in [0.3, 0.4) is 0 Å². The summed E-state index contributed by atoms with van der Waals surface area (Å²) in [5.74, 6) is 0.702. The summed E-state index contributed by atoms with van der Waals surface area (Å²) < 4.78 is 72.8. The SMILES string of the molecule is COc1ccc(CN2CCN(C3CC4(CCN(c5ccc(C(=O)NS(=O)(=O)c6ccc(NCC7CN(S(C)(=O)=O)CCO7)c([N+](=O)[O-])c6)c(Oc6cnc7[nH]ccc7c6)c5)CC4)C3)[C@@H](c3ccccc3C(C)C)C2)cc1. The van der Waals surface area contributed by atoms with Crippen molar-refractivity contribution < 1.29 is 40.8 Å². The number of carbonyl (C=O) groups is 1. The van der Waals surface area contributed by atoms with Crippen molar-refractivity contribution in [1.29, 1.82) is 0 Å². The predicted octanol–water partition coefficient (Wildman–Crippen LogP) is 7.89. The highest BCUT2D eigenvalue weighted by atomic mass is 32.2. The molecule has 4 aliphatic rings. The highest BCUT2D eigenvalue weighted by Gasteiger charge is 2.50. The second-order valence-electron chi connectivity index (χ2n) is 20.9. The van der Waals surface area contributed by atoms with Gasteiger partial charge in [0.05, 0.1) is 47.7 Å². The molecule has 1 aliphatic carbocycles. The summed E-state index contributed by atoms with van der Waals surface area (Å²) in [7, 11) is -6.45. The predicted molar refractivity (Wildman–Crippen MR) is 290 cm³/mol. The van der Waals surface area contributed by atoms with Crippen LogP contribution in [0.15, 0.2) is 114 Å². The summed E-state index contributed by atoms with van der Waals surface area (Å²) in [6, 6.07) is 30.0. The summed E-state index contributed by atoms with van der Waals surface area (Å²) in [6.07, 6.45) is 8.00. The van der Waals surface area contributed by atoms with Crippen LogP contribution in [0, 0.1) is 15.5 Å². The number of hydrogen-bond acceptors (Lipinski definition) is 15. The van der Waals surface area contributed by atoms with Gasteiger partial charge in [0.1, 0.15) is 28.6 Å². The van der Waals surface area contributed by atoms with Crippen LogP contribution in [0.5, 0.6) is 17.2 Å². The number of nitrogens with zero attached hydrogens (tertiary/aromatic N) is 6. The van der Waals surface area contributed by atoms with E-state index in [-0.39, 0.29) is 54.7 Å². The van der Waals surface area contributed by atoms with E-state index in [0.29, 0.717) is 23.4 Å². The Hall–Kier alpha value is -6.62. The number of piperidine rings is 1. The molecule has 1 spiro atoms. The molecule has 4 fully saturated rings. The first-order valence-corrected chi connectivity index (χ1v) is 29.1. The number of pyridine rings is 1. The number of benzene rings is 4. The van der Waals surface area contributed by atoms with Crippen molar-refractivity contribution in [2.45, 2.75) is 75.1 Å². The lowest BCUT2D eigenvalue weighted by atomic mass is 9.59. The van der Waals surface area contributed by atoms with Crippen molar-refractivity contribution in [2.75, 3.05) is 82.5 Å². The van der Waals surface area contributed by atoms with E-state index in [0.717, 1.165) is 100 Å². The normalized spacial score (nSPS) is 19.9. The number of morpholine rings is 1. The molecule has 76 heavy (non-hydrogen) atoms. The van der Waals surface area contributed by atoms with E-state index in [1.807, 2.05) is 18.2 Å². The highest BCUT2D eigenvalue weighted by Crippen LogP contribution is 2.53. The van der Waals surface area contributed by atoms with Crippen LogP contribution in [0.4, 0.5) is 17.1 Å². The highest BCUT2D eigenvalue weighted by molar-refractivity contribution is 7.90. The minimum atomic E-state index is -4.67. The largest absolute Gasteiger partial charge is 0.497 e. The zero-order chi connectivity index (χ0) is 53.4. The van der Waals surface area contributed by atoms with Gasteiger partial charge >= 0.3 is 0 Å². The number of anilines is 2. The molecule has 4 aromatic carbocycles. The number of aromatic nitrogens is 2. The van der Waals surface area contributed by atoms with Crippen molar-refractivity contribution in [3.05, 3.63) is 142 Å². The smallest absolute Gasteiger partial charge is 0.293 e. The first kappa shape index (κ1) is 52.8. The third kappa shape index (κ3) is 11.5. The fraction of sp³-hybridized carbons (Fsp3) is 0.418. The number of hydrogen-bond donors (Lipinski definition) is 3. The quantitative estimate of drug-likeness (QED) is 0.0584. The van der Waals surface area contributed by atoms with Gasteiger partial charge in [-0.1, -0.05) is 50.2 Å². The van der Waals surface area contributed by atoms with E-state index < -0.39 is 47.6 Å². The average molecular weight is 1080 g/mol. The number of sulfonamides is 2. The van der Waals surface area contributed by atoms with Crippen LogP contribution in [0.2, 0.25) is 0 Å². The molecule has 3 N–H and O–H groups in total. The van der Waals surface area contributed by atoms with Crippen molar-refractivity contribution in [3.8, 4) is 17.2 Å². The number of amides is 1. The molecule has 402 valence electrons. The molecule has 1 unspecified atom stereocenters. The fourth-order valence-electron chi connectivity index (χ4n) is 11.5. The Labute approximate surface area is 443 Å². The number of carbonyl (C=O) groups excluding carboxylic acids is 1. The number of ether oxygens (including phenoxy) is 3. The molecule has 0 bridgehead atoms. The molecular weight excluding hydrogens is 1010 g/mol. The minimum Gasteiger partial charge on any atom is -0.497 e. The summed E-state index contributed by atoms with van der Waals surface area (Å²) in [5, 5.41) is 15.9. The lowest BCUT2D eigenvalue weighted by Gasteiger charge is -2.58. The van der Waals surface area contributed by atoms with Crippen LogP contribution < -0.4 is 24.4 Å². The molecule has 6 aromatic rings. The zero-order valence-electron chi connectivity index (χ0n) is 43.2. The Kier molecular flexibility index (Phi) is 15.1. The molecule has 19 nitrogen and oxygen atoms in total. The van der Waals surface area contributed by atoms with E-state index in [1.54, 1.807) is 37.6 Å². The third-order valence-electron chi connectivity index (χ3n) is 15.7. The molecule has 21 heteroatoms. The molecule has 1 amide bonds. The summed E-state index contributed by atoms with van der Waals surface area (Å²) >= 11 is 0. The van der Waals surface area contributed by atoms with Crippen molar-refractivity contribution in [2.24, 2.45) is 5.41 Å². The second kappa shape index (κ2) is 21.8. The van der Waals surface area contributed by atoms with Gasteiger partial charge in [-0.25, -0.2) is 26.5 Å². The monoisotopic (exact) mass is 1080 g/mol. The number of methoxy groups -OCH3 is 1. The lowest BCUT2D eigenvalue weighted by molar-refractivity contribution is -0.384. The van der Waals surface area contributed by atoms with Crippen molar-refractivity contribution in [3.63, 3.8) is 0 Å². The molecule has 1 saturated carbocycles. The second-order valence-corrected chi connectivity index (χ2v) is 24.6. The molecule has 3 aliphatic heterocycles. The Bertz CT molecular complexity index is 3320. The van der Waals surface area contributed by atoms with Gasteiger partial charge in [-0.3, -0.25) is 24.7 Å². The van der Waals surface area contributed by atoms with Gasteiger partial charge in [0.15, 0.2) is 0 Å². The Morgan fingerprint density at radius 1 is 0.921 bits per heavy atom. The van der Waals surface area contributed by atoms with Gasteiger partial charge < -0.3 is 29.4 Å². The maximum atomic E-state index is 14.1. The number of aromatic amines is 1. The van der Waals surface area contributed by atoms with Gasteiger partial charge in [0, 0.05) is 100 Å². The van der Waals surface area contributed by atoms with E-state index in [2.05, 4.69) is 85.0 Å². The Morgan fingerprint density at radius 3 is 2.43 bits per heavy atom. The van der Waals surface area contributed by atoms with Gasteiger partial charge in [-0.2, -0.15) is 4.31 Å². The number of nitro groups is 1. The van der Waals surface area contributed by atoms with E-state index in [4.69, 9.17) is 14.2 Å². The van der Waals surface area contributed by atoms with Crippen LogP contribution in [-0.2, 0) is 31.3 Å².